The maximum absolute atomic E-state index is 12.4. The molecule has 0 saturated carbocycles. The van der Waals surface area contributed by atoms with Gasteiger partial charge in [0.1, 0.15) is 5.75 Å². The normalized spacial score (nSPS) is 10.8. The fraction of sp³-hybridized carbons (Fsp3) is 0.304. The quantitative estimate of drug-likeness (QED) is 0.491. The number of halogens is 1. The third-order valence-corrected chi connectivity index (χ3v) is 4.86. The molecule has 8 nitrogen and oxygen atoms in total. The van der Waals surface area contributed by atoms with Crippen molar-refractivity contribution in [3.8, 4) is 17.1 Å². The van der Waals surface area contributed by atoms with Crippen LogP contribution in [0.4, 0.5) is 5.69 Å². The molecular formula is C23H25ClN4O4. The van der Waals surface area contributed by atoms with Crippen LogP contribution in [0.3, 0.4) is 0 Å². The van der Waals surface area contributed by atoms with Gasteiger partial charge in [0.2, 0.25) is 17.6 Å². The van der Waals surface area contributed by atoms with Crippen LogP contribution in [0.2, 0.25) is 5.02 Å². The minimum atomic E-state index is -0.226. The molecule has 3 aromatic rings. The predicted octanol–water partition coefficient (Wildman–Crippen LogP) is 4.50. The lowest BCUT2D eigenvalue weighted by Crippen LogP contribution is -2.30. The molecule has 0 radical (unpaired) electrons. The molecule has 2 N–H and O–H groups in total. The molecule has 9 heteroatoms. The molecule has 0 atom stereocenters. The lowest BCUT2D eigenvalue weighted by Gasteiger charge is -2.11. The summed E-state index contributed by atoms with van der Waals surface area (Å²) in [6, 6.07) is 12.1. The first-order valence-electron chi connectivity index (χ1n) is 10.2. The highest BCUT2D eigenvalue weighted by atomic mass is 35.5. The van der Waals surface area contributed by atoms with Gasteiger partial charge in [0.15, 0.2) is 0 Å². The van der Waals surface area contributed by atoms with Gasteiger partial charge in [-0.15, -0.1) is 0 Å². The molecule has 3 rings (SSSR count). The van der Waals surface area contributed by atoms with Crippen LogP contribution < -0.4 is 15.4 Å². The van der Waals surface area contributed by atoms with Crippen LogP contribution >= 0.6 is 11.6 Å². The molecule has 168 valence electrons. The summed E-state index contributed by atoms with van der Waals surface area (Å²) in [7, 11) is 1.60. The standard InChI is InChI=1S/C23H25ClN4O4/c1-14(2)25-23(30)16-9-12-18(24)19(13-16)26-20(29)5-4-6-21-27-22(28-32-21)15-7-10-17(31-3)11-8-15/h7-14H,4-6H2,1-3H3,(H,25,30)(H,26,29). The van der Waals surface area contributed by atoms with Crippen molar-refractivity contribution in [2.75, 3.05) is 12.4 Å². The first-order chi connectivity index (χ1) is 15.4. The Kier molecular flexibility index (Phi) is 7.83. The Labute approximate surface area is 191 Å². The Hall–Kier alpha value is -3.39. The number of amides is 2. The molecule has 0 saturated heterocycles. The van der Waals surface area contributed by atoms with E-state index in [2.05, 4.69) is 20.8 Å². The molecule has 0 unspecified atom stereocenters. The molecule has 0 fully saturated rings. The van der Waals surface area contributed by atoms with Gasteiger partial charge in [-0.2, -0.15) is 4.98 Å². The molecule has 1 aromatic heterocycles. The van der Waals surface area contributed by atoms with Gasteiger partial charge in [0.25, 0.3) is 5.91 Å². The number of nitrogens with one attached hydrogen (secondary N) is 2. The average molecular weight is 457 g/mol. The molecule has 2 amide bonds. The Morgan fingerprint density at radius 2 is 1.91 bits per heavy atom. The summed E-state index contributed by atoms with van der Waals surface area (Å²) < 4.78 is 10.4. The zero-order valence-electron chi connectivity index (χ0n) is 18.1. The van der Waals surface area contributed by atoms with E-state index in [4.69, 9.17) is 20.9 Å². The van der Waals surface area contributed by atoms with Crippen molar-refractivity contribution < 1.29 is 18.8 Å². The average Bonchev–Trinajstić information content (AvgIpc) is 3.23. The highest BCUT2D eigenvalue weighted by Gasteiger charge is 2.13. The van der Waals surface area contributed by atoms with Crippen molar-refractivity contribution in [2.24, 2.45) is 0 Å². The Bertz CT molecular complexity index is 1080. The molecular weight excluding hydrogens is 432 g/mol. The van der Waals surface area contributed by atoms with Gasteiger partial charge >= 0.3 is 0 Å². The van der Waals surface area contributed by atoms with Crippen LogP contribution in [0.25, 0.3) is 11.4 Å². The zero-order valence-corrected chi connectivity index (χ0v) is 18.9. The summed E-state index contributed by atoms with van der Waals surface area (Å²) in [6.07, 6.45) is 1.21. The molecule has 0 aliphatic heterocycles. The van der Waals surface area contributed by atoms with Crippen molar-refractivity contribution in [3.63, 3.8) is 0 Å². The van der Waals surface area contributed by atoms with Crippen LogP contribution in [-0.4, -0.2) is 35.1 Å². The van der Waals surface area contributed by atoms with E-state index in [9.17, 15) is 9.59 Å². The number of nitrogens with zero attached hydrogens (tertiary/aromatic N) is 2. The molecule has 1 heterocycles. The van der Waals surface area contributed by atoms with E-state index >= 15 is 0 Å². The van der Waals surface area contributed by atoms with Gasteiger partial charge < -0.3 is 19.9 Å². The third-order valence-electron chi connectivity index (χ3n) is 4.53. The Morgan fingerprint density at radius 1 is 1.16 bits per heavy atom. The van der Waals surface area contributed by atoms with Gasteiger partial charge in [-0.1, -0.05) is 16.8 Å². The summed E-state index contributed by atoms with van der Waals surface area (Å²) >= 11 is 6.17. The second-order valence-electron chi connectivity index (χ2n) is 7.46. The van der Waals surface area contributed by atoms with E-state index in [1.807, 2.05) is 38.1 Å². The van der Waals surface area contributed by atoms with Crippen LogP contribution in [-0.2, 0) is 11.2 Å². The van der Waals surface area contributed by atoms with Gasteiger partial charge in [0, 0.05) is 30.0 Å². The molecule has 0 aliphatic carbocycles. The van der Waals surface area contributed by atoms with Gasteiger partial charge in [-0.3, -0.25) is 9.59 Å². The van der Waals surface area contributed by atoms with Crippen molar-refractivity contribution in [1.82, 2.24) is 15.5 Å². The number of anilines is 1. The molecule has 0 spiro atoms. The SMILES string of the molecule is COc1ccc(-c2noc(CCCC(=O)Nc3cc(C(=O)NC(C)C)ccc3Cl)n2)cc1. The Balaban J connectivity index is 1.52. The van der Waals surface area contributed by atoms with E-state index in [0.29, 0.717) is 40.8 Å². The topological polar surface area (TPSA) is 106 Å². The first-order valence-corrected chi connectivity index (χ1v) is 10.6. The number of carbonyl (C=O) groups is 2. The lowest BCUT2D eigenvalue weighted by atomic mass is 10.1. The van der Waals surface area contributed by atoms with Gasteiger partial charge in [0.05, 0.1) is 17.8 Å². The number of ether oxygens (including phenoxy) is 1. The summed E-state index contributed by atoms with van der Waals surface area (Å²) in [4.78, 5) is 28.9. The van der Waals surface area contributed by atoms with E-state index in [0.717, 1.165) is 11.3 Å². The fourth-order valence-corrected chi connectivity index (χ4v) is 3.10. The highest BCUT2D eigenvalue weighted by molar-refractivity contribution is 6.33. The summed E-state index contributed by atoms with van der Waals surface area (Å²) in [5.74, 6) is 1.23. The predicted molar refractivity (Wildman–Crippen MR) is 122 cm³/mol. The lowest BCUT2D eigenvalue weighted by molar-refractivity contribution is -0.116. The van der Waals surface area contributed by atoms with E-state index in [1.54, 1.807) is 25.3 Å². The smallest absolute Gasteiger partial charge is 0.251 e. The van der Waals surface area contributed by atoms with Crippen LogP contribution in [0.1, 0.15) is 42.9 Å². The van der Waals surface area contributed by atoms with Gasteiger partial charge in [-0.05, 0) is 62.7 Å². The number of rotatable bonds is 9. The van der Waals surface area contributed by atoms with E-state index in [1.165, 1.54) is 0 Å². The number of hydrogen-bond donors (Lipinski definition) is 2. The molecule has 2 aromatic carbocycles. The number of methoxy groups -OCH3 is 1. The monoisotopic (exact) mass is 456 g/mol. The van der Waals surface area contributed by atoms with Gasteiger partial charge in [-0.25, -0.2) is 0 Å². The minimum absolute atomic E-state index is 0.00570. The number of carbonyl (C=O) groups excluding carboxylic acids is 2. The van der Waals surface area contributed by atoms with E-state index in [-0.39, 0.29) is 24.3 Å². The molecule has 0 aliphatic rings. The van der Waals surface area contributed by atoms with Crippen molar-refractivity contribution >= 4 is 29.1 Å². The van der Waals surface area contributed by atoms with Crippen LogP contribution in [0.5, 0.6) is 5.75 Å². The first kappa shape index (κ1) is 23.3. The van der Waals surface area contributed by atoms with Crippen LogP contribution in [0.15, 0.2) is 47.0 Å². The maximum atomic E-state index is 12.4. The molecule has 0 bridgehead atoms. The van der Waals surface area contributed by atoms with Crippen molar-refractivity contribution in [2.45, 2.75) is 39.2 Å². The van der Waals surface area contributed by atoms with Crippen molar-refractivity contribution in [1.29, 1.82) is 0 Å². The highest BCUT2D eigenvalue weighted by Crippen LogP contribution is 2.24. The largest absolute Gasteiger partial charge is 0.497 e. The number of benzene rings is 2. The zero-order chi connectivity index (χ0) is 23.1. The Morgan fingerprint density at radius 3 is 2.59 bits per heavy atom. The fourth-order valence-electron chi connectivity index (χ4n) is 2.93. The second-order valence-corrected chi connectivity index (χ2v) is 7.87. The van der Waals surface area contributed by atoms with E-state index < -0.39 is 0 Å². The minimum Gasteiger partial charge on any atom is -0.497 e. The maximum Gasteiger partial charge on any atom is 0.251 e. The summed E-state index contributed by atoms with van der Waals surface area (Å²) in [5, 5.41) is 9.91. The van der Waals surface area contributed by atoms with Crippen LogP contribution in [0, 0.1) is 0 Å². The second kappa shape index (κ2) is 10.8. The molecule has 32 heavy (non-hydrogen) atoms. The summed E-state index contributed by atoms with van der Waals surface area (Å²) in [5.41, 5.74) is 1.64. The number of hydrogen-bond acceptors (Lipinski definition) is 6. The van der Waals surface area contributed by atoms with Crippen molar-refractivity contribution in [3.05, 3.63) is 58.9 Å². The number of aromatic nitrogens is 2. The number of aryl methyl sites for hydroxylation is 1. The summed E-state index contributed by atoms with van der Waals surface area (Å²) in [6.45, 7) is 3.75. The third kappa shape index (κ3) is 6.31.